The molecule has 1 fully saturated rings. The molecule has 9 heteroatoms. The lowest BCUT2D eigenvalue weighted by molar-refractivity contribution is 0.0679. The van der Waals surface area contributed by atoms with Crippen LogP contribution < -0.4 is 0 Å². The zero-order chi connectivity index (χ0) is 19.8. The largest absolute Gasteiger partial charge is 0.330 e. The maximum atomic E-state index is 14.3. The Balaban J connectivity index is 2.01. The van der Waals surface area contributed by atoms with Crippen LogP contribution in [0.15, 0.2) is 36.4 Å². The summed E-state index contributed by atoms with van der Waals surface area (Å²) >= 11 is 18.1. The van der Waals surface area contributed by atoms with Gasteiger partial charge in [-0.2, -0.15) is 0 Å². The Bertz CT molecular complexity index is 977. The van der Waals surface area contributed by atoms with Crippen LogP contribution in [0.2, 0.25) is 15.1 Å². The summed E-state index contributed by atoms with van der Waals surface area (Å²) in [6, 6.07) is 8.03. The third-order valence-electron chi connectivity index (χ3n) is 4.46. The Kier molecular flexibility index (Phi) is 6.01. The minimum absolute atomic E-state index is 0.0270. The maximum Gasteiger partial charge on any atom is 0.255 e. The molecule has 3 rings (SSSR count). The maximum absolute atomic E-state index is 14.3. The van der Waals surface area contributed by atoms with Crippen molar-refractivity contribution in [2.45, 2.75) is 19.0 Å². The topological polar surface area (TPSA) is 54.5 Å². The molecule has 0 saturated carbocycles. The zero-order valence-electron chi connectivity index (χ0n) is 14.0. The molecule has 0 N–H and O–H groups in total. The molecule has 2 aromatic rings. The van der Waals surface area contributed by atoms with E-state index in [2.05, 4.69) is 0 Å². The van der Waals surface area contributed by atoms with Gasteiger partial charge in [0.05, 0.1) is 28.6 Å². The first kappa shape index (κ1) is 20.4. The number of nitrogens with zero attached hydrogens (tertiary/aromatic N) is 1. The molecule has 1 unspecified atom stereocenters. The molecule has 1 atom stereocenters. The van der Waals surface area contributed by atoms with Gasteiger partial charge in [0.15, 0.2) is 9.84 Å². The number of hydrogen-bond donors (Lipinski definition) is 0. The Labute approximate surface area is 171 Å². The van der Waals surface area contributed by atoms with Gasteiger partial charge in [0, 0.05) is 21.7 Å². The van der Waals surface area contributed by atoms with Crippen molar-refractivity contribution < 1.29 is 17.6 Å². The van der Waals surface area contributed by atoms with Crippen LogP contribution in [0.4, 0.5) is 4.39 Å². The molecular formula is C18H15Cl3FNO3S. The summed E-state index contributed by atoms with van der Waals surface area (Å²) < 4.78 is 38.1. The minimum Gasteiger partial charge on any atom is -0.330 e. The van der Waals surface area contributed by atoms with E-state index in [4.69, 9.17) is 34.8 Å². The van der Waals surface area contributed by atoms with E-state index in [0.717, 1.165) is 0 Å². The molecule has 0 bridgehead atoms. The third-order valence-corrected chi connectivity index (χ3v) is 7.11. The number of halogens is 4. The zero-order valence-corrected chi connectivity index (χ0v) is 17.0. The van der Waals surface area contributed by atoms with Gasteiger partial charge in [0.25, 0.3) is 5.91 Å². The number of rotatable bonds is 4. The van der Waals surface area contributed by atoms with Crippen LogP contribution in [0.1, 0.15) is 22.3 Å². The Hall–Kier alpha value is -1.34. The molecule has 0 spiro atoms. The molecule has 1 aliphatic heterocycles. The monoisotopic (exact) mass is 449 g/mol. The predicted molar refractivity (Wildman–Crippen MR) is 105 cm³/mol. The van der Waals surface area contributed by atoms with Crippen molar-refractivity contribution in [3.05, 3.63) is 68.4 Å². The first-order chi connectivity index (χ1) is 12.7. The van der Waals surface area contributed by atoms with Crippen molar-refractivity contribution in [3.63, 3.8) is 0 Å². The third kappa shape index (κ3) is 4.57. The first-order valence-electron chi connectivity index (χ1n) is 8.07. The first-order valence-corrected chi connectivity index (χ1v) is 11.0. The van der Waals surface area contributed by atoms with Gasteiger partial charge in [-0.25, -0.2) is 12.8 Å². The highest BCUT2D eigenvalue weighted by molar-refractivity contribution is 7.91. The van der Waals surface area contributed by atoms with Crippen molar-refractivity contribution in [1.29, 1.82) is 0 Å². The second-order valence-electron chi connectivity index (χ2n) is 6.31. The smallest absolute Gasteiger partial charge is 0.255 e. The van der Waals surface area contributed by atoms with Crippen LogP contribution in [-0.4, -0.2) is 36.8 Å². The van der Waals surface area contributed by atoms with Crippen LogP contribution >= 0.6 is 34.8 Å². The SMILES string of the molecule is O=C(c1ccc(Cl)cc1Cl)N(Cc1c(F)cccc1Cl)C1CCS(=O)(=O)C1. The summed E-state index contributed by atoms with van der Waals surface area (Å²) in [5, 5.41) is 0.664. The van der Waals surface area contributed by atoms with Gasteiger partial charge >= 0.3 is 0 Å². The highest BCUT2D eigenvalue weighted by Crippen LogP contribution is 2.29. The number of benzene rings is 2. The Morgan fingerprint density at radius 1 is 1.15 bits per heavy atom. The van der Waals surface area contributed by atoms with Gasteiger partial charge in [0.2, 0.25) is 0 Å². The Morgan fingerprint density at radius 3 is 2.48 bits per heavy atom. The molecule has 0 aromatic heterocycles. The summed E-state index contributed by atoms with van der Waals surface area (Å²) in [4.78, 5) is 14.5. The fourth-order valence-electron chi connectivity index (χ4n) is 3.06. The summed E-state index contributed by atoms with van der Waals surface area (Å²) in [6.07, 6.45) is 0.269. The number of carbonyl (C=O) groups excluding carboxylic acids is 1. The molecule has 1 saturated heterocycles. The summed E-state index contributed by atoms with van der Waals surface area (Å²) in [7, 11) is -3.26. The second kappa shape index (κ2) is 7.95. The number of sulfone groups is 1. The van der Waals surface area contributed by atoms with E-state index in [1.54, 1.807) is 0 Å². The molecule has 1 amide bonds. The summed E-state index contributed by atoms with van der Waals surface area (Å²) in [5.41, 5.74) is 0.291. The fourth-order valence-corrected chi connectivity index (χ4v) is 5.50. The van der Waals surface area contributed by atoms with Crippen molar-refractivity contribution >= 4 is 50.5 Å². The minimum atomic E-state index is -3.26. The van der Waals surface area contributed by atoms with Gasteiger partial charge in [0.1, 0.15) is 5.82 Å². The van der Waals surface area contributed by atoms with Crippen LogP contribution in [-0.2, 0) is 16.4 Å². The number of amides is 1. The summed E-state index contributed by atoms with van der Waals surface area (Å²) in [6.45, 7) is -0.163. The fraction of sp³-hybridized carbons (Fsp3) is 0.278. The standard InChI is InChI=1S/C18H15Cl3FNO3S/c19-11-4-5-13(16(21)8-11)18(24)23(12-6-7-27(25,26)10-12)9-14-15(20)2-1-3-17(14)22/h1-5,8,12H,6-7,9-10H2. The van der Waals surface area contributed by atoms with E-state index in [-0.39, 0.29) is 45.6 Å². The quantitative estimate of drug-likeness (QED) is 0.683. The van der Waals surface area contributed by atoms with Crippen molar-refractivity contribution in [2.75, 3.05) is 11.5 Å². The second-order valence-corrected chi connectivity index (χ2v) is 9.79. The number of carbonyl (C=O) groups is 1. The lowest BCUT2D eigenvalue weighted by Crippen LogP contribution is -2.41. The highest BCUT2D eigenvalue weighted by Gasteiger charge is 2.36. The molecular weight excluding hydrogens is 436 g/mol. The molecule has 1 heterocycles. The van der Waals surface area contributed by atoms with E-state index >= 15 is 0 Å². The molecule has 0 radical (unpaired) electrons. The van der Waals surface area contributed by atoms with E-state index in [1.807, 2.05) is 0 Å². The van der Waals surface area contributed by atoms with E-state index < -0.39 is 27.6 Å². The van der Waals surface area contributed by atoms with Gasteiger partial charge in [-0.1, -0.05) is 40.9 Å². The number of hydrogen-bond acceptors (Lipinski definition) is 3. The molecule has 2 aromatic carbocycles. The molecule has 144 valence electrons. The van der Waals surface area contributed by atoms with E-state index in [0.29, 0.717) is 5.02 Å². The molecule has 4 nitrogen and oxygen atoms in total. The Morgan fingerprint density at radius 2 is 1.89 bits per heavy atom. The molecule has 1 aliphatic rings. The van der Waals surface area contributed by atoms with E-state index in [1.165, 1.54) is 41.3 Å². The van der Waals surface area contributed by atoms with Crippen LogP contribution in [0, 0.1) is 5.82 Å². The molecule has 0 aliphatic carbocycles. The molecule has 27 heavy (non-hydrogen) atoms. The van der Waals surface area contributed by atoms with Gasteiger partial charge in [-0.05, 0) is 36.8 Å². The summed E-state index contributed by atoms with van der Waals surface area (Å²) in [5.74, 6) is -1.28. The lowest BCUT2D eigenvalue weighted by Gasteiger charge is -2.29. The predicted octanol–water partition coefficient (Wildman–Crippen LogP) is 4.62. The van der Waals surface area contributed by atoms with E-state index in [9.17, 15) is 17.6 Å². The highest BCUT2D eigenvalue weighted by atomic mass is 35.5. The van der Waals surface area contributed by atoms with Gasteiger partial charge in [-0.3, -0.25) is 4.79 Å². The van der Waals surface area contributed by atoms with Gasteiger partial charge in [-0.15, -0.1) is 0 Å². The normalized spacial score (nSPS) is 18.4. The van der Waals surface area contributed by atoms with Crippen LogP contribution in [0.25, 0.3) is 0 Å². The average Bonchev–Trinajstić information content (AvgIpc) is 2.94. The lowest BCUT2D eigenvalue weighted by atomic mass is 10.1. The van der Waals surface area contributed by atoms with Crippen molar-refractivity contribution in [3.8, 4) is 0 Å². The van der Waals surface area contributed by atoms with Crippen molar-refractivity contribution in [1.82, 2.24) is 4.90 Å². The van der Waals surface area contributed by atoms with Crippen LogP contribution in [0.5, 0.6) is 0 Å². The van der Waals surface area contributed by atoms with Gasteiger partial charge < -0.3 is 4.90 Å². The van der Waals surface area contributed by atoms with Crippen LogP contribution in [0.3, 0.4) is 0 Å². The van der Waals surface area contributed by atoms with Crippen molar-refractivity contribution in [2.24, 2.45) is 0 Å². The average molecular weight is 451 g/mol.